The Labute approximate surface area is 167 Å². The van der Waals surface area contributed by atoms with Gasteiger partial charge in [-0.25, -0.2) is 4.98 Å². The highest BCUT2D eigenvalue weighted by Gasteiger charge is 2.22. The van der Waals surface area contributed by atoms with Crippen molar-refractivity contribution in [2.45, 2.75) is 26.2 Å². The summed E-state index contributed by atoms with van der Waals surface area (Å²) in [6.45, 7) is 6.17. The van der Waals surface area contributed by atoms with Crippen molar-refractivity contribution < 1.29 is 9.53 Å². The van der Waals surface area contributed by atoms with Crippen molar-refractivity contribution in [1.29, 1.82) is 0 Å². The van der Waals surface area contributed by atoms with E-state index >= 15 is 0 Å². The number of methoxy groups -OCH3 is 1. The van der Waals surface area contributed by atoms with Gasteiger partial charge < -0.3 is 19.9 Å². The number of hydrogen-bond donors (Lipinski definition) is 1. The van der Waals surface area contributed by atoms with Crippen LogP contribution in [0.4, 0.5) is 11.5 Å². The molecule has 6 nitrogen and oxygen atoms in total. The molecule has 2 aromatic rings. The van der Waals surface area contributed by atoms with Crippen LogP contribution in [0.25, 0.3) is 0 Å². The topological polar surface area (TPSA) is 57.7 Å². The van der Waals surface area contributed by atoms with Gasteiger partial charge in [-0.15, -0.1) is 0 Å². The molecule has 2 heterocycles. The standard InChI is InChI=1S/C22H30N4O2/c1-3-4-5-12-23-21-11-6-18(17-24-21)22(27)26-15-13-25(14-16-26)19-7-9-20(28-2)10-8-19/h6-11,17H,3-5,12-16H2,1-2H3,(H,23,24). The molecule has 0 aliphatic carbocycles. The average molecular weight is 383 g/mol. The molecule has 1 N–H and O–H groups in total. The molecule has 1 saturated heterocycles. The number of unbranched alkanes of at least 4 members (excludes halogenated alkanes) is 2. The fourth-order valence-corrected chi connectivity index (χ4v) is 3.36. The number of ether oxygens (including phenoxy) is 1. The molecule has 1 fully saturated rings. The van der Waals surface area contributed by atoms with E-state index in [4.69, 9.17) is 4.74 Å². The summed E-state index contributed by atoms with van der Waals surface area (Å²) in [6, 6.07) is 11.8. The predicted octanol–water partition coefficient (Wildman–Crippen LogP) is 3.65. The summed E-state index contributed by atoms with van der Waals surface area (Å²) in [6.07, 6.45) is 5.23. The van der Waals surface area contributed by atoms with E-state index in [-0.39, 0.29) is 5.91 Å². The Kier molecular flexibility index (Phi) is 7.12. The molecule has 3 rings (SSSR count). The van der Waals surface area contributed by atoms with E-state index in [1.54, 1.807) is 13.3 Å². The fraction of sp³-hybridized carbons (Fsp3) is 0.455. The van der Waals surface area contributed by atoms with Gasteiger partial charge in [0.1, 0.15) is 11.6 Å². The van der Waals surface area contributed by atoms with Gasteiger partial charge in [-0.2, -0.15) is 0 Å². The molecule has 0 unspecified atom stereocenters. The first-order valence-electron chi connectivity index (χ1n) is 10.1. The average Bonchev–Trinajstić information content (AvgIpc) is 2.77. The monoisotopic (exact) mass is 382 g/mol. The van der Waals surface area contributed by atoms with Crippen molar-refractivity contribution in [3.05, 3.63) is 48.2 Å². The number of benzene rings is 1. The summed E-state index contributed by atoms with van der Waals surface area (Å²) >= 11 is 0. The Balaban J connectivity index is 1.50. The zero-order valence-electron chi connectivity index (χ0n) is 16.9. The van der Waals surface area contributed by atoms with E-state index in [2.05, 4.69) is 34.3 Å². The first-order valence-corrected chi connectivity index (χ1v) is 10.1. The summed E-state index contributed by atoms with van der Waals surface area (Å²) in [5, 5.41) is 3.31. The number of amides is 1. The van der Waals surface area contributed by atoms with Crippen molar-refractivity contribution in [1.82, 2.24) is 9.88 Å². The molecule has 0 spiro atoms. The van der Waals surface area contributed by atoms with Crippen LogP contribution in [0.3, 0.4) is 0 Å². The third-order valence-electron chi connectivity index (χ3n) is 5.10. The lowest BCUT2D eigenvalue weighted by Gasteiger charge is -2.36. The van der Waals surface area contributed by atoms with Gasteiger partial charge in [-0.3, -0.25) is 4.79 Å². The van der Waals surface area contributed by atoms with E-state index in [0.717, 1.165) is 43.3 Å². The van der Waals surface area contributed by atoms with E-state index in [1.807, 2.05) is 29.2 Å². The lowest BCUT2D eigenvalue weighted by molar-refractivity contribution is 0.0746. The molecule has 0 atom stereocenters. The van der Waals surface area contributed by atoms with Crippen LogP contribution in [0.5, 0.6) is 5.75 Å². The Morgan fingerprint density at radius 3 is 2.43 bits per heavy atom. The molecular weight excluding hydrogens is 352 g/mol. The van der Waals surface area contributed by atoms with Gasteiger partial charge in [0.2, 0.25) is 0 Å². The Morgan fingerprint density at radius 2 is 1.82 bits per heavy atom. The van der Waals surface area contributed by atoms with Crippen molar-refractivity contribution >= 4 is 17.4 Å². The number of nitrogens with zero attached hydrogens (tertiary/aromatic N) is 3. The molecule has 1 aromatic heterocycles. The first kappa shape index (κ1) is 20.0. The number of hydrogen-bond acceptors (Lipinski definition) is 5. The number of anilines is 2. The molecule has 0 bridgehead atoms. The van der Waals surface area contributed by atoms with Crippen LogP contribution in [-0.2, 0) is 0 Å². The molecule has 0 radical (unpaired) electrons. The molecule has 6 heteroatoms. The molecule has 28 heavy (non-hydrogen) atoms. The number of piperazine rings is 1. The second kappa shape index (κ2) is 9.97. The van der Waals surface area contributed by atoms with Crippen LogP contribution >= 0.6 is 0 Å². The van der Waals surface area contributed by atoms with Crippen molar-refractivity contribution in [3.63, 3.8) is 0 Å². The molecule has 1 aliphatic rings. The van der Waals surface area contributed by atoms with Gasteiger partial charge in [0, 0.05) is 44.6 Å². The quantitative estimate of drug-likeness (QED) is 0.706. The molecule has 1 aromatic carbocycles. The highest BCUT2D eigenvalue weighted by Crippen LogP contribution is 2.21. The smallest absolute Gasteiger partial charge is 0.255 e. The minimum absolute atomic E-state index is 0.0550. The number of nitrogens with one attached hydrogen (secondary N) is 1. The number of carbonyl (C=O) groups is 1. The SMILES string of the molecule is CCCCCNc1ccc(C(=O)N2CCN(c3ccc(OC)cc3)CC2)cn1. The lowest BCUT2D eigenvalue weighted by Crippen LogP contribution is -2.48. The molecule has 1 aliphatic heterocycles. The largest absolute Gasteiger partial charge is 0.497 e. The lowest BCUT2D eigenvalue weighted by atomic mass is 10.2. The van der Waals surface area contributed by atoms with Crippen molar-refractivity contribution in [2.75, 3.05) is 50.1 Å². The summed E-state index contributed by atoms with van der Waals surface area (Å²) in [5.74, 6) is 1.74. The third-order valence-corrected chi connectivity index (χ3v) is 5.10. The molecule has 150 valence electrons. The van der Waals surface area contributed by atoms with Gasteiger partial charge in [0.25, 0.3) is 5.91 Å². The maximum absolute atomic E-state index is 12.8. The predicted molar refractivity (Wildman–Crippen MR) is 113 cm³/mol. The van der Waals surface area contributed by atoms with Gasteiger partial charge in [0.05, 0.1) is 12.7 Å². The Bertz CT molecular complexity index is 738. The number of carbonyl (C=O) groups excluding carboxylic acids is 1. The molecular formula is C22H30N4O2. The highest BCUT2D eigenvalue weighted by molar-refractivity contribution is 5.94. The van der Waals surface area contributed by atoms with Crippen LogP contribution in [0.2, 0.25) is 0 Å². The van der Waals surface area contributed by atoms with E-state index in [9.17, 15) is 4.79 Å². The summed E-state index contributed by atoms with van der Waals surface area (Å²) in [7, 11) is 1.67. The fourth-order valence-electron chi connectivity index (χ4n) is 3.36. The van der Waals surface area contributed by atoms with Crippen molar-refractivity contribution in [3.8, 4) is 5.75 Å². The van der Waals surface area contributed by atoms with Crippen LogP contribution in [0.1, 0.15) is 36.5 Å². The number of aromatic nitrogens is 1. The number of pyridine rings is 1. The Morgan fingerprint density at radius 1 is 1.07 bits per heavy atom. The first-order chi connectivity index (χ1) is 13.7. The van der Waals surface area contributed by atoms with Gasteiger partial charge in [-0.1, -0.05) is 19.8 Å². The summed E-state index contributed by atoms with van der Waals surface area (Å²) in [5.41, 5.74) is 1.81. The second-order valence-electron chi connectivity index (χ2n) is 7.04. The second-order valence-corrected chi connectivity index (χ2v) is 7.04. The normalized spacial score (nSPS) is 14.1. The van der Waals surface area contributed by atoms with Gasteiger partial charge in [0.15, 0.2) is 0 Å². The molecule has 0 saturated carbocycles. The Hall–Kier alpha value is -2.76. The zero-order chi connectivity index (χ0) is 19.8. The zero-order valence-corrected chi connectivity index (χ0v) is 16.9. The van der Waals surface area contributed by atoms with E-state index < -0.39 is 0 Å². The number of rotatable bonds is 8. The summed E-state index contributed by atoms with van der Waals surface area (Å²) in [4.78, 5) is 21.4. The maximum Gasteiger partial charge on any atom is 0.255 e. The van der Waals surface area contributed by atoms with Crippen LogP contribution in [-0.4, -0.2) is 55.6 Å². The van der Waals surface area contributed by atoms with Crippen LogP contribution < -0.4 is 15.0 Å². The third kappa shape index (κ3) is 5.15. The minimum Gasteiger partial charge on any atom is -0.497 e. The minimum atomic E-state index is 0.0550. The summed E-state index contributed by atoms with van der Waals surface area (Å²) < 4.78 is 5.21. The van der Waals surface area contributed by atoms with Crippen LogP contribution in [0.15, 0.2) is 42.6 Å². The van der Waals surface area contributed by atoms with E-state index in [1.165, 1.54) is 12.8 Å². The highest BCUT2D eigenvalue weighted by atomic mass is 16.5. The van der Waals surface area contributed by atoms with Gasteiger partial charge >= 0.3 is 0 Å². The maximum atomic E-state index is 12.8. The van der Waals surface area contributed by atoms with E-state index in [0.29, 0.717) is 18.7 Å². The van der Waals surface area contributed by atoms with Crippen LogP contribution in [0, 0.1) is 0 Å². The molecule has 1 amide bonds. The van der Waals surface area contributed by atoms with Crippen molar-refractivity contribution in [2.24, 2.45) is 0 Å². The van der Waals surface area contributed by atoms with Gasteiger partial charge in [-0.05, 0) is 42.8 Å².